The topological polar surface area (TPSA) is 21.3 Å². The maximum atomic E-state index is 5.79. The predicted molar refractivity (Wildman–Crippen MR) is 85.2 cm³/mol. The lowest BCUT2D eigenvalue weighted by molar-refractivity contribution is 0.304. The monoisotopic (exact) mass is 275 g/mol. The Morgan fingerprint density at radius 3 is 2.40 bits per heavy atom. The largest absolute Gasteiger partial charge is 0.494 e. The van der Waals surface area contributed by atoms with Crippen molar-refractivity contribution < 1.29 is 4.74 Å². The number of rotatable bonds is 11. The molecule has 2 heteroatoms. The van der Waals surface area contributed by atoms with E-state index in [1.165, 1.54) is 56.9 Å². The third-order valence-electron chi connectivity index (χ3n) is 3.86. The highest BCUT2D eigenvalue weighted by Gasteiger charge is 2.19. The quantitative estimate of drug-likeness (QED) is 0.592. The lowest BCUT2D eigenvalue weighted by Crippen LogP contribution is -2.15. The van der Waals surface area contributed by atoms with E-state index in [0.717, 1.165) is 24.9 Å². The lowest BCUT2D eigenvalue weighted by Gasteiger charge is -2.08. The zero-order valence-corrected chi connectivity index (χ0v) is 12.9. The van der Waals surface area contributed by atoms with Crippen LogP contribution in [0.3, 0.4) is 0 Å². The molecule has 1 aromatic rings. The molecule has 1 saturated carbocycles. The summed E-state index contributed by atoms with van der Waals surface area (Å²) in [6.45, 7) is 4.10. The molecule has 0 aliphatic heterocycles. The van der Waals surface area contributed by atoms with Gasteiger partial charge in [0.15, 0.2) is 0 Å². The molecule has 1 N–H and O–H groups in total. The van der Waals surface area contributed by atoms with E-state index in [-0.39, 0.29) is 0 Å². The molecule has 0 radical (unpaired) electrons. The van der Waals surface area contributed by atoms with Crippen LogP contribution >= 0.6 is 0 Å². The number of hydrogen-bond donors (Lipinski definition) is 1. The fourth-order valence-electron chi connectivity index (χ4n) is 2.33. The van der Waals surface area contributed by atoms with Crippen LogP contribution in [0.2, 0.25) is 0 Å². The number of benzene rings is 1. The Balaban J connectivity index is 1.53. The fourth-order valence-corrected chi connectivity index (χ4v) is 2.33. The van der Waals surface area contributed by atoms with Crippen LogP contribution in [0.5, 0.6) is 5.75 Å². The first-order valence-electron chi connectivity index (χ1n) is 8.33. The second-order valence-electron chi connectivity index (χ2n) is 5.92. The Hall–Kier alpha value is -1.02. The first-order chi connectivity index (χ1) is 9.88. The molecular formula is C18H29NO. The Kier molecular flexibility index (Phi) is 6.93. The SMILES string of the molecule is CCCCCCCCOc1ccc(CNC2CC2)cc1. The summed E-state index contributed by atoms with van der Waals surface area (Å²) in [7, 11) is 0. The van der Waals surface area contributed by atoms with Crippen LogP contribution in [-0.4, -0.2) is 12.6 Å². The first-order valence-corrected chi connectivity index (χ1v) is 8.33. The molecule has 0 unspecified atom stereocenters. The normalized spacial score (nSPS) is 14.4. The molecule has 2 nitrogen and oxygen atoms in total. The van der Waals surface area contributed by atoms with Gasteiger partial charge in [-0.2, -0.15) is 0 Å². The van der Waals surface area contributed by atoms with Crippen molar-refractivity contribution in [1.82, 2.24) is 5.32 Å². The molecule has 1 aliphatic rings. The number of unbranched alkanes of at least 4 members (excludes halogenated alkanes) is 5. The van der Waals surface area contributed by atoms with Crippen LogP contribution in [0.4, 0.5) is 0 Å². The molecule has 112 valence electrons. The van der Waals surface area contributed by atoms with Gasteiger partial charge in [0.25, 0.3) is 0 Å². The maximum absolute atomic E-state index is 5.79. The number of ether oxygens (including phenoxy) is 1. The Morgan fingerprint density at radius 2 is 1.70 bits per heavy atom. The molecule has 2 rings (SSSR count). The van der Waals surface area contributed by atoms with Gasteiger partial charge in [0.05, 0.1) is 6.61 Å². The van der Waals surface area contributed by atoms with Gasteiger partial charge < -0.3 is 10.1 Å². The Bertz CT molecular complexity index is 356. The summed E-state index contributed by atoms with van der Waals surface area (Å²) in [6, 6.07) is 9.32. The molecule has 1 fully saturated rings. The van der Waals surface area contributed by atoms with Gasteiger partial charge in [-0.25, -0.2) is 0 Å². The van der Waals surface area contributed by atoms with E-state index < -0.39 is 0 Å². The van der Waals surface area contributed by atoms with E-state index in [9.17, 15) is 0 Å². The average molecular weight is 275 g/mol. The summed E-state index contributed by atoms with van der Waals surface area (Å²) < 4.78 is 5.79. The molecule has 0 spiro atoms. The summed E-state index contributed by atoms with van der Waals surface area (Å²) in [6.07, 6.45) is 10.6. The molecule has 1 aliphatic carbocycles. The summed E-state index contributed by atoms with van der Waals surface area (Å²) in [5.41, 5.74) is 1.35. The second kappa shape index (κ2) is 9.02. The van der Waals surface area contributed by atoms with Crippen molar-refractivity contribution in [3.63, 3.8) is 0 Å². The van der Waals surface area contributed by atoms with Gasteiger partial charge in [-0.05, 0) is 37.0 Å². The minimum atomic E-state index is 0.777. The van der Waals surface area contributed by atoms with E-state index in [1.807, 2.05) is 0 Å². The van der Waals surface area contributed by atoms with Gasteiger partial charge in [0.1, 0.15) is 5.75 Å². The molecule has 0 bridgehead atoms. The zero-order chi connectivity index (χ0) is 14.0. The highest BCUT2D eigenvalue weighted by molar-refractivity contribution is 5.27. The van der Waals surface area contributed by atoms with E-state index in [1.54, 1.807) is 0 Å². The van der Waals surface area contributed by atoms with E-state index in [4.69, 9.17) is 4.74 Å². The minimum absolute atomic E-state index is 0.777. The third kappa shape index (κ3) is 6.42. The molecule has 20 heavy (non-hydrogen) atoms. The highest BCUT2D eigenvalue weighted by atomic mass is 16.5. The Morgan fingerprint density at radius 1 is 1.00 bits per heavy atom. The maximum Gasteiger partial charge on any atom is 0.119 e. The number of hydrogen-bond acceptors (Lipinski definition) is 2. The summed E-state index contributed by atoms with van der Waals surface area (Å²) in [4.78, 5) is 0. The molecule has 0 aromatic heterocycles. The predicted octanol–water partition coefficient (Wildman–Crippen LogP) is 4.68. The van der Waals surface area contributed by atoms with Crippen molar-refractivity contribution in [2.45, 2.75) is 70.9 Å². The first kappa shape index (κ1) is 15.4. The van der Waals surface area contributed by atoms with Crippen molar-refractivity contribution in [1.29, 1.82) is 0 Å². The zero-order valence-electron chi connectivity index (χ0n) is 12.9. The average Bonchev–Trinajstić information content (AvgIpc) is 3.30. The Labute approximate surface area is 123 Å². The molecule has 1 aromatic carbocycles. The van der Waals surface area contributed by atoms with Crippen molar-refractivity contribution in [2.24, 2.45) is 0 Å². The van der Waals surface area contributed by atoms with Crippen molar-refractivity contribution in [2.75, 3.05) is 6.61 Å². The van der Waals surface area contributed by atoms with Crippen molar-refractivity contribution in [3.05, 3.63) is 29.8 Å². The molecule has 0 heterocycles. The van der Waals surface area contributed by atoms with Gasteiger partial charge >= 0.3 is 0 Å². The molecular weight excluding hydrogens is 246 g/mol. The van der Waals surface area contributed by atoms with Crippen molar-refractivity contribution >= 4 is 0 Å². The van der Waals surface area contributed by atoms with E-state index in [0.29, 0.717) is 0 Å². The third-order valence-corrected chi connectivity index (χ3v) is 3.86. The van der Waals surface area contributed by atoms with Crippen LogP contribution in [-0.2, 0) is 6.54 Å². The second-order valence-corrected chi connectivity index (χ2v) is 5.92. The van der Waals surface area contributed by atoms with Crippen LogP contribution in [0.25, 0.3) is 0 Å². The summed E-state index contributed by atoms with van der Waals surface area (Å²) >= 11 is 0. The minimum Gasteiger partial charge on any atom is -0.494 e. The fraction of sp³-hybridized carbons (Fsp3) is 0.667. The van der Waals surface area contributed by atoms with Crippen LogP contribution in [0.1, 0.15) is 63.9 Å². The van der Waals surface area contributed by atoms with Crippen LogP contribution in [0.15, 0.2) is 24.3 Å². The molecule has 0 amide bonds. The summed E-state index contributed by atoms with van der Waals surface area (Å²) in [5, 5.41) is 3.53. The van der Waals surface area contributed by atoms with E-state index in [2.05, 4.69) is 36.5 Å². The summed E-state index contributed by atoms with van der Waals surface area (Å²) in [5.74, 6) is 1.01. The van der Waals surface area contributed by atoms with Gasteiger partial charge in [-0.1, -0.05) is 51.2 Å². The van der Waals surface area contributed by atoms with Gasteiger partial charge in [0, 0.05) is 12.6 Å². The smallest absolute Gasteiger partial charge is 0.119 e. The highest BCUT2D eigenvalue weighted by Crippen LogP contribution is 2.20. The van der Waals surface area contributed by atoms with Gasteiger partial charge in [-0.15, -0.1) is 0 Å². The van der Waals surface area contributed by atoms with Gasteiger partial charge in [0.2, 0.25) is 0 Å². The lowest BCUT2D eigenvalue weighted by atomic mass is 10.1. The van der Waals surface area contributed by atoms with Crippen molar-refractivity contribution in [3.8, 4) is 5.75 Å². The van der Waals surface area contributed by atoms with E-state index >= 15 is 0 Å². The van der Waals surface area contributed by atoms with Crippen LogP contribution < -0.4 is 10.1 Å². The van der Waals surface area contributed by atoms with Gasteiger partial charge in [-0.3, -0.25) is 0 Å². The van der Waals surface area contributed by atoms with Crippen LogP contribution in [0, 0.1) is 0 Å². The standard InChI is InChI=1S/C18H29NO/c1-2-3-4-5-6-7-14-20-18-12-8-16(9-13-18)15-19-17-10-11-17/h8-9,12-13,17,19H,2-7,10-11,14-15H2,1H3. The molecule has 0 atom stereocenters. The number of nitrogens with one attached hydrogen (secondary N) is 1. The molecule has 0 saturated heterocycles.